The van der Waals surface area contributed by atoms with Gasteiger partial charge in [-0.3, -0.25) is 9.59 Å². The summed E-state index contributed by atoms with van der Waals surface area (Å²) in [4.78, 5) is 24.2. The Kier molecular flexibility index (Phi) is 4.65. The number of benzene rings is 1. The molecule has 0 saturated carbocycles. The molecule has 0 atom stereocenters. The second-order valence-corrected chi connectivity index (χ2v) is 6.38. The lowest BCUT2D eigenvalue weighted by Crippen LogP contribution is -2.28. The van der Waals surface area contributed by atoms with Crippen LogP contribution in [0.3, 0.4) is 0 Å². The third kappa shape index (κ3) is 2.90. The van der Waals surface area contributed by atoms with Gasteiger partial charge in [-0.2, -0.15) is 14.9 Å². The van der Waals surface area contributed by atoms with Crippen LogP contribution in [0.15, 0.2) is 29.3 Å². The van der Waals surface area contributed by atoms with Crippen LogP contribution in [0.2, 0.25) is 5.02 Å². The standard InChI is InChI=1S/C18H17ClN4O3/c1-4-14-17(25)16(22-8-13(19)7-20-22)18(26)23(21-14)15-10(2)5-12(9-24)6-11(15)3/h5-9,25H,4H2,1-3H3. The number of hydrogen-bond donors (Lipinski definition) is 1. The number of rotatable bonds is 4. The lowest BCUT2D eigenvalue weighted by molar-refractivity contribution is 0.112. The quantitative estimate of drug-likeness (QED) is 0.711. The van der Waals surface area contributed by atoms with Gasteiger partial charge in [-0.05, 0) is 43.5 Å². The number of carbonyl (C=O) groups excluding carboxylic acids is 1. The maximum atomic E-state index is 13.1. The van der Waals surface area contributed by atoms with Crippen LogP contribution in [0.25, 0.3) is 11.4 Å². The topological polar surface area (TPSA) is 90.0 Å². The molecule has 0 amide bonds. The van der Waals surface area contributed by atoms with E-state index in [1.54, 1.807) is 26.0 Å². The number of aromatic hydroxyl groups is 1. The van der Waals surface area contributed by atoms with Gasteiger partial charge in [0.25, 0.3) is 0 Å². The van der Waals surface area contributed by atoms with Crippen LogP contribution in [0, 0.1) is 13.8 Å². The van der Waals surface area contributed by atoms with Crippen LogP contribution in [0.1, 0.15) is 34.1 Å². The molecule has 2 aromatic heterocycles. The molecule has 0 aliphatic carbocycles. The highest BCUT2D eigenvalue weighted by molar-refractivity contribution is 6.30. The molecule has 1 N–H and O–H groups in total. The van der Waals surface area contributed by atoms with Crippen molar-refractivity contribution < 1.29 is 9.90 Å². The largest absolute Gasteiger partial charge is 0.504 e. The summed E-state index contributed by atoms with van der Waals surface area (Å²) in [6.45, 7) is 5.42. The van der Waals surface area contributed by atoms with E-state index in [-0.39, 0.29) is 11.4 Å². The summed E-state index contributed by atoms with van der Waals surface area (Å²) in [7, 11) is 0. The highest BCUT2D eigenvalue weighted by Crippen LogP contribution is 2.25. The van der Waals surface area contributed by atoms with Crippen molar-refractivity contribution in [2.24, 2.45) is 0 Å². The number of carbonyl (C=O) groups is 1. The third-order valence-electron chi connectivity index (χ3n) is 4.09. The van der Waals surface area contributed by atoms with Crippen LogP contribution in [-0.4, -0.2) is 31.0 Å². The zero-order valence-electron chi connectivity index (χ0n) is 14.5. The minimum Gasteiger partial charge on any atom is -0.504 e. The number of halogens is 1. The van der Waals surface area contributed by atoms with Crippen LogP contribution < -0.4 is 5.56 Å². The molecule has 7 nitrogen and oxygen atoms in total. The number of hydrogen-bond acceptors (Lipinski definition) is 5. The molecule has 0 bridgehead atoms. The molecule has 26 heavy (non-hydrogen) atoms. The van der Waals surface area contributed by atoms with Gasteiger partial charge in [0.1, 0.15) is 12.0 Å². The Hall–Kier alpha value is -2.93. The molecule has 8 heteroatoms. The average molecular weight is 373 g/mol. The first-order chi connectivity index (χ1) is 12.4. The van der Waals surface area contributed by atoms with Crippen molar-refractivity contribution in [3.63, 3.8) is 0 Å². The van der Waals surface area contributed by atoms with E-state index in [4.69, 9.17) is 11.6 Å². The van der Waals surface area contributed by atoms with Crippen molar-refractivity contribution in [1.29, 1.82) is 0 Å². The normalized spacial score (nSPS) is 10.9. The number of nitrogens with zero attached hydrogens (tertiary/aromatic N) is 4. The van der Waals surface area contributed by atoms with Gasteiger partial charge in [0.2, 0.25) is 0 Å². The van der Waals surface area contributed by atoms with Gasteiger partial charge >= 0.3 is 5.56 Å². The summed E-state index contributed by atoms with van der Waals surface area (Å²) < 4.78 is 2.48. The molecule has 3 rings (SSSR count). The Morgan fingerprint density at radius 1 is 1.23 bits per heavy atom. The van der Waals surface area contributed by atoms with Crippen molar-refractivity contribution in [2.75, 3.05) is 0 Å². The SMILES string of the molecule is CCc1nn(-c2c(C)cc(C=O)cc2C)c(=O)c(-n2cc(Cl)cn2)c1O. The fraction of sp³-hybridized carbons (Fsp3) is 0.222. The first-order valence-electron chi connectivity index (χ1n) is 7.99. The summed E-state index contributed by atoms with van der Waals surface area (Å²) >= 11 is 5.91. The van der Waals surface area contributed by atoms with E-state index >= 15 is 0 Å². The summed E-state index contributed by atoms with van der Waals surface area (Å²) in [5, 5.41) is 19.2. The van der Waals surface area contributed by atoms with E-state index in [0.717, 1.165) is 17.4 Å². The van der Waals surface area contributed by atoms with Crippen molar-refractivity contribution in [3.05, 3.63) is 62.3 Å². The first kappa shape index (κ1) is 17.9. The summed E-state index contributed by atoms with van der Waals surface area (Å²) in [6, 6.07) is 3.37. The van der Waals surface area contributed by atoms with E-state index in [9.17, 15) is 14.7 Å². The van der Waals surface area contributed by atoms with Crippen molar-refractivity contribution in [3.8, 4) is 17.1 Å². The van der Waals surface area contributed by atoms with E-state index in [2.05, 4.69) is 10.2 Å². The average Bonchev–Trinajstić information content (AvgIpc) is 3.02. The fourth-order valence-corrected chi connectivity index (χ4v) is 3.10. The molecule has 0 aliphatic heterocycles. The number of aryl methyl sites for hydroxylation is 3. The van der Waals surface area contributed by atoms with Crippen molar-refractivity contribution in [2.45, 2.75) is 27.2 Å². The second kappa shape index (κ2) is 6.76. The smallest absolute Gasteiger partial charge is 0.301 e. The molecule has 0 spiro atoms. The molecule has 3 aromatic rings. The highest BCUT2D eigenvalue weighted by Gasteiger charge is 2.21. The molecule has 0 saturated heterocycles. The van der Waals surface area contributed by atoms with E-state index in [1.165, 1.54) is 21.8 Å². The Bertz CT molecular complexity index is 1050. The third-order valence-corrected chi connectivity index (χ3v) is 4.28. The molecule has 0 unspecified atom stereocenters. The van der Waals surface area contributed by atoms with Gasteiger partial charge in [-0.25, -0.2) is 4.68 Å². The maximum absolute atomic E-state index is 13.1. The molecular formula is C18H17ClN4O3. The molecule has 1 aromatic carbocycles. The predicted octanol–water partition coefficient (Wildman–Crippen LogP) is 2.77. The Balaban J connectivity index is 2.37. The van der Waals surface area contributed by atoms with Crippen LogP contribution in [0.4, 0.5) is 0 Å². The van der Waals surface area contributed by atoms with E-state index in [0.29, 0.717) is 28.4 Å². The lowest BCUT2D eigenvalue weighted by atomic mass is 10.0. The van der Waals surface area contributed by atoms with E-state index in [1.807, 2.05) is 6.92 Å². The zero-order chi connectivity index (χ0) is 19.0. The Morgan fingerprint density at radius 3 is 2.38 bits per heavy atom. The van der Waals surface area contributed by atoms with Gasteiger partial charge in [0, 0.05) is 11.8 Å². The second-order valence-electron chi connectivity index (χ2n) is 5.94. The molecule has 0 radical (unpaired) electrons. The van der Waals surface area contributed by atoms with Crippen molar-refractivity contribution >= 4 is 17.9 Å². The molecular weight excluding hydrogens is 356 g/mol. The van der Waals surface area contributed by atoms with Gasteiger partial charge in [0.05, 0.1) is 16.9 Å². The minimum atomic E-state index is -0.537. The monoisotopic (exact) mass is 372 g/mol. The summed E-state index contributed by atoms with van der Waals surface area (Å²) in [5.41, 5.74) is 2.31. The van der Waals surface area contributed by atoms with Crippen LogP contribution in [0.5, 0.6) is 5.75 Å². The first-order valence-corrected chi connectivity index (χ1v) is 8.37. The van der Waals surface area contributed by atoms with Gasteiger partial charge in [-0.15, -0.1) is 0 Å². The van der Waals surface area contributed by atoms with Gasteiger partial charge in [-0.1, -0.05) is 18.5 Å². The Morgan fingerprint density at radius 2 is 1.88 bits per heavy atom. The maximum Gasteiger partial charge on any atom is 0.301 e. The predicted molar refractivity (Wildman–Crippen MR) is 97.9 cm³/mol. The molecule has 134 valence electrons. The van der Waals surface area contributed by atoms with Crippen LogP contribution >= 0.6 is 11.6 Å². The van der Waals surface area contributed by atoms with Crippen LogP contribution in [-0.2, 0) is 6.42 Å². The summed E-state index contributed by atoms with van der Waals surface area (Å²) in [5.74, 6) is -0.228. The molecule has 0 fully saturated rings. The number of aromatic nitrogens is 4. The number of aldehydes is 1. The zero-order valence-corrected chi connectivity index (χ0v) is 15.3. The fourth-order valence-electron chi connectivity index (χ4n) is 2.96. The van der Waals surface area contributed by atoms with Crippen molar-refractivity contribution in [1.82, 2.24) is 19.6 Å². The molecule has 2 heterocycles. The van der Waals surface area contributed by atoms with Gasteiger partial charge < -0.3 is 5.11 Å². The Labute approximate surface area is 154 Å². The molecule has 0 aliphatic rings. The van der Waals surface area contributed by atoms with E-state index < -0.39 is 5.56 Å². The summed E-state index contributed by atoms with van der Waals surface area (Å²) in [6.07, 6.45) is 3.99. The van der Waals surface area contributed by atoms with Gasteiger partial charge in [0.15, 0.2) is 11.4 Å². The lowest BCUT2D eigenvalue weighted by Gasteiger charge is -2.16. The minimum absolute atomic E-state index is 0.0259. The highest BCUT2D eigenvalue weighted by atomic mass is 35.5.